The van der Waals surface area contributed by atoms with Crippen LogP contribution in [0.25, 0.3) is 0 Å². The van der Waals surface area contributed by atoms with E-state index in [1.54, 1.807) is 18.3 Å². The number of benzene rings is 1. The third-order valence-corrected chi connectivity index (χ3v) is 4.08. The van der Waals surface area contributed by atoms with Gasteiger partial charge < -0.3 is 16.0 Å². The Morgan fingerprint density at radius 1 is 1.20 bits per heavy atom. The van der Waals surface area contributed by atoms with Crippen molar-refractivity contribution in [2.45, 2.75) is 16.8 Å². The molecule has 0 spiro atoms. The molecule has 0 fully saturated rings. The first kappa shape index (κ1) is 19.1. The fourth-order valence-electron chi connectivity index (χ4n) is 2.12. The summed E-state index contributed by atoms with van der Waals surface area (Å²) in [4.78, 5) is 6.23. The van der Waals surface area contributed by atoms with Crippen molar-refractivity contribution in [1.29, 1.82) is 0 Å². The zero-order valence-electron chi connectivity index (χ0n) is 13.5. The van der Waals surface area contributed by atoms with Gasteiger partial charge in [0.2, 0.25) is 0 Å². The Kier molecular flexibility index (Phi) is 6.72. The molecule has 134 valence electrons. The van der Waals surface area contributed by atoms with Gasteiger partial charge in [0, 0.05) is 35.4 Å². The van der Waals surface area contributed by atoms with Gasteiger partial charge in [-0.3, -0.25) is 4.98 Å². The number of rotatable bonds is 8. The highest BCUT2D eigenvalue weighted by Crippen LogP contribution is 2.37. The maximum absolute atomic E-state index is 12.3. The van der Waals surface area contributed by atoms with E-state index in [1.165, 1.54) is 12.1 Å². The van der Waals surface area contributed by atoms with Crippen molar-refractivity contribution in [3.05, 3.63) is 66.8 Å². The van der Waals surface area contributed by atoms with E-state index in [9.17, 15) is 13.2 Å². The van der Waals surface area contributed by atoms with Crippen molar-refractivity contribution < 1.29 is 13.2 Å². The molecule has 1 aromatic heterocycles. The van der Waals surface area contributed by atoms with Crippen molar-refractivity contribution in [3.8, 4) is 0 Å². The second kappa shape index (κ2) is 8.77. The van der Waals surface area contributed by atoms with Crippen molar-refractivity contribution >= 4 is 17.4 Å². The van der Waals surface area contributed by atoms with E-state index in [2.05, 4.69) is 16.9 Å². The minimum atomic E-state index is -4.29. The van der Waals surface area contributed by atoms with Crippen LogP contribution in [-0.2, 0) is 6.42 Å². The number of nitrogens with one attached hydrogen (secondary N) is 1. The number of halogens is 3. The zero-order chi connectivity index (χ0) is 18.3. The summed E-state index contributed by atoms with van der Waals surface area (Å²) in [5.74, 6) is 0.578. The Balaban J connectivity index is 1.90. The number of nitrogens with two attached hydrogens (primary N) is 1. The van der Waals surface area contributed by atoms with Crippen LogP contribution in [0.15, 0.2) is 66.0 Å². The van der Waals surface area contributed by atoms with Crippen LogP contribution in [0.1, 0.15) is 5.69 Å². The number of aromatic nitrogens is 1. The van der Waals surface area contributed by atoms with Gasteiger partial charge >= 0.3 is 5.51 Å². The predicted octanol–water partition coefficient (Wildman–Crippen LogP) is 4.04. The van der Waals surface area contributed by atoms with Crippen LogP contribution in [-0.4, -0.2) is 28.6 Å². The quantitative estimate of drug-likeness (QED) is 0.544. The summed E-state index contributed by atoms with van der Waals surface area (Å²) < 4.78 is 37.0. The minimum Gasteiger partial charge on any atom is -0.346 e. The number of alkyl halides is 3. The predicted molar refractivity (Wildman–Crippen MR) is 94.8 cm³/mol. The molecule has 0 saturated carbocycles. The van der Waals surface area contributed by atoms with Gasteiger partial charge in [-0.05, 0) is 48.2 Å². The molecule has 25 heavy (non-hydrogen) atoms. The fourth-order valence-corrected chi connectivity index (χ4v) is 2.66. The van der Waals surface area contributed by atoms with Crippen LogP contribution in [0.3, 0.4) is 0 Å². The number of hydrogen-bond donors (Lipinski definition) is 2. The molecule has 1 heterocycles. The lowest BCUT2D eigenvalue weighted by Crippen LogP contribution is -2.33. The molecular formula is C17H19F3N4S. The summed E-state index contributed by atoms with van der Waals surface area (Å²) in [6.45, 7) is 4.84. The SMILES string of the molecule is C=C(Nc1ccc(SC(F)(F)F)cc1)N(CN)CCc1ccccn1. The molecule has 2 rings (SSSR count). The van der Waals surface area contributed by atoms with E-state index in [1.807, 2.05) is 23.1 Å². The van der Waals surface area contributed by atoms with Gasteiger partial charge in [0.05, 0.1) is 12.5 Å². The smallest absolute Gasteiger partial charge is 0.346 e. The molecule has 0 aliphatic carbocycles. The first-order valence-corrected chi connectivity index (χ1v) is 8.35. The van der Waals surface area contributed by atoms with Crippen molar-refractivity contribution in [1.82, 2.24) is 9.88 Å². The molecule has 0 unspecified atom stereocenters. The van der Waals surface area contributed by atoms with E-state index >= 15 is 0 Å². The summed E-state index contributed by atoms with van der Waals surface area (Å²) >= 11 is -0.143. The monoisotopic (exact) mass is 368 g/mol. The summed E-state index contributed by atoms with van der Waals surface area (Å²) in [7, 11) is 0. The lowest BCUT2D eigenvalue weighted by Gasteiger charge is -2.25. The van der Waals surface area contributed by atoms with Crippen LogP contribution in [0.2, 0.25) is 0 Å². The number of thioether (sulfide) groups is 1. The van der Waals surface area contributed by atoms with E-state index in [4.69, 9.17) is 5.73 Å². The molecule has 0 atom stereocenters. The average molecular weight is 368 g/mol. The van der Waals surface area contributed by atoms with Gasteiger partial charge in [-0.2, -0.15) is 13.2 Å². The van der Waals surface area contributed by atoms with E-state index < -0.39 is 5.51 Å². The Morgan fingerprint density at radius 3 is 2.48 bits per heavy atom. The first-order chi connectivity index (χ1) is 11.9. The summed E-state index contributed by atoms with van der Waals surface area (Å²) in [5.41, 5.74) is 3.06. The van der Waals surface area contributed by atoms with Crippen molar-refractivity contribution in [2.75, 3.05) is 18.5 Å². The summed E-state index contributed by atoms with van der Waals surface area (Å²) in [6, 6.07) is 11.7. The van der Waals surface area contributed by atoms with Crippen LogP contribution in [0.5, 0.6) is 0 Å². The largest absolute Gasteiger partial charge is 0.446 e. The Hall–Kier alpha value is -2.19. The topological polar surface area (TPSA) is 54.2 Å². The second-order valence-corrected chi connectivity index (χ2v) is 6.30. The molecule has 0 bridgehead atoms. The van der Waals surface area contributed by atoms with Crippen LogP contribution in [0, 0.1) is 0 Å². The van der Waals surface area contributed by atoms with Gasteiger partial charge in [-0.1, -0.05) is 12.6 Å². The molecular weight excluding hydrogens is 349 g/mol. The van der Waals surface area contributed by atoms with Gasteiger partial charge in [-0.25, -0.2) is 0 Å². The van der Waals surface area contributed by atoms with E-state index in [0.29, 0.717) is 24.5 Å². The number of nitrogens with zero attached hydrogens (tertiary/aromatic N) is 2. The van der Waals surface area contributed by atoms with Gasteiger partial charge in [0.15, 0.2) is 0 Å². The fraction of sp³-hybridized carbons (Fsp3) is 0.235. The molecule has 2 aromatic rings. The minimum absolute atomic E-state index is 0.134. The normalized spacial score (nSPS) is 11.2. The van der Waals surface area contributed by atoms with Gasteiger partial charge in [0.25, 0.3) is 0 Å². The number of anilines is 1. The Morgan fingerprint density at radius 2 is 1.92 bits per heavy atom. The average Bonchev–Trinajstić information content (AvgIpc) is 2.57. The van der Waals surface area contributed by atoms with Crippen molar-refractivity contribution in [2.24, 2.45) is 5.73 Å². The number of pyridine rings is 1. The van der Waals surface area contributed by atoms with Crippen LogP contribution < -0.4 is 11.1 Å². The molecule has 4 nitrogen and oxygen atoms in total. The lowest BCUT2D eigenvalue weighted by atomic mass is 10.2. The van der Waals surface area contributed by atoms with Gasteiger partial charge in [0.1, 0.15) is 0 Å². The molecule has 0 aliphatic heterocycles. The summed E-state index contributed by atoms with van der Waals surface area (Å²) in [6.07, 6.45) is 2.44. The molecule has 0 amide bonds. The maximum atomic E-state index is 12.3. The maximum Gasteiger partial charge on any atom is 0.446 e. The van der Waals surface area contributed by atoms with Crippen LogP contribution >= 0.6 is 11.8 Å². The third kappa shape index (κ3) is 6.67. The van der Waals surface area contributed by atoms with E-state index in [-0.39, 0.29) is 23.3 Å². The standard InChI is InChI=1S/C17H19F3N4S/c1-13(24(12-21)11-9-14-4-2-3-10-22-14)23-15-5-7-16(8-6-15)25-17(18,19)20/h2-8,10,23H,1,9,11-12,21H2. The van der Waals surface area contributed by atoms with Crippen LogP contribution in [0.4, 0.5) is 18.9 Å². The molecule has 0 aliphatic rings. The molecule has 8 heteroatoms. The first-order valence-electron chi connectivity index (χ1n) is 7.54. The highest BCUT2D eigenvalue weighted by Gasteiger charge is 2.29. The third-order valence-electron chi connectivity index (χ3n) is 3.34. The highest BCUT2D eigenvalue weighted by molar-refractivity contribution is 8.00. The Bertz CT molecular complexity index is 675. The second-order valence-electron chi connectivity index (χ2n) is 5.16. The number of hydrogen-bond acceptors (Lipinski definition) is 5. The molecule has 0 radical (unpaired) electrons. The molecule has 0 saturated heterocycles. The van der Waals surface area contributed by atoms with E-state index in [0.717, 1.165) is 5.69 Å². The summed E-state index contributed by atoms with van der Waals surface area (Å²) in [5, 5.41) is 3.06. The Labute approximate surface area is 148 Å². The van der Waals surface area contributed by atoms with Gasteiger partial charge in [-0.15, -0.1) is 0 Å². The lowest BCUT2D eigenvalue weighted by molar-refractivity contribution is -0.0328. The zero-order valence-corrected chi connectivity index (χ0v) is 14.3. The highest BCUT2D eigenvalue weighted by atomic mass is 32.2. The molecule has 1 aromatic carbocycles. The van der Waals surface area contributed by atoms with Crippen molar-refractivity contribution in [3.63, 3.8) is 0 Å². The molecule has 3 N–H and O–H groups in total.